The first kappa shape index (κ1) is 13.9. The monoisotopic (exact) mass is 278 g/mol. The summed E-state index contributed by atoms with van der Waals surface area (Å²) in [4.78, 5) is 9.66. The molecule has 20 heavy (non-hydrogen) atoms. The molecular weight excluding hydrogens is 252 g/mol. The fraction of sp³-hybridized carbons (Fsp3) is 0.875. The molecule has 3 aliphatic rings. The van der Waals surface area contributed by atoms with Gasteiger partial charge in [0.2, 0.25) is 0 Å². The van der Waals surface area contributed by atoms with Gasteiger partial charge in [-0.15, -0.1) is 0 Å². The molecule has 112 valence electrons. The third-order valence-electron chi connectivity index (χ3n) is 4.91. The summed E-state index contributed by atoms with van der Waals surface area (Å²) in [6, 6.07) is 0.593. The van der Waals surface area contributed by atoms with Gasteiger partial charge in [0.05, 0.1) is 12.1 Å². The summed E-state index contributed by atoms with van der Waals surface area (Å²) in [7, 11) is 0. The van der Waals surface area contributed by atoms with E-state index in [-0.39, 0.29) is 5.41 Å². The van der Waals surface area contributed by atoms with Gasteiger partial charge in [0.25, 0.3) is 0 Å². The second-order valence-electron chi connectivity index (χ2n) is 7.05. The standard InChI is InChI=1S/C16H26N2O2/c1-10(2)12-8-19-14(17-12)16(6-5-7-16)15-18-13(9-20-15)11(3)4/h10-13H,5-9H2,1-4H3/t12-,13-/m0/s1. The molecule has 0 unspecified atom stereocenters. The second kappa shape index (κ2) is 5.05. The van der Waals surface area contributed by atoms with E-state index in [0.29, 0.717) is 23.9 Å². The lowest BCUT2D eigenvalue weighted by atomic mass is 9.68. The average molecular weight is 278 g/mol. The first-order valence-electron chi connectivity index (χ1n) is 7.95. The van der Waals surface area contributed by atoms with Gasteiger partial charge in [-0.25, -0.2) is 9.98 Å². The maximum atomic E-state index is 5.93. The molecule has 1 fully saturated rings. The maximum absolute atomic E-state index is 5.93. The molecule has 1 saturated carbocycles. The van der Waals surface area contributed by atoms with Crippen LogP contribution in [0.5, 0.6) is 0 Å². The van der Waals surface area contributed by atoms with Crippen molar-refractivity contribution < 1.29 is 9.47 Å². The molecule has 0 aromatic carbocycles. The molecular formula is C16H26N2O2. The Morgan fingerprint density at radius 3 is 1.60 bits per heavy atom. The third-order valence-corrected chi connectivity index (χ3v) is 4.91. The van der Waals surface area contributed by atoms with Crippen molar-refractivity contribution in [3.63, 3.8) is 0 Å². The van der Waals surface area contributed by atoms with Crippen molar-refractivity contribution in [2.24, 2.45) is 27.2 Å². The molecule has 2 heterocycles. The highest BCUT2D eigenvalue weighted by Crippen LogP contribution is 2.47. The van der Waals surface area contributed by atoms with E-state index in [1.54, 1.807) is 0 Å². The van der Waals surface area contributed by atoms with Gasteiger partial charge < -0.3 is 9.47 Å². The first-order chi connectivity index (χ1) is 9.53. The molecule has 2 aliphatic heterocycles. The fourth-order valence-corrected chi connectivity index (χ4v) is 3.03. The maximum Gasteiger partial charge on any atom is 0.199 e. The highest BCUT2D eigenvalue weighted by atomic mass is 16.5. The predicted molar refractivity (Wildman–Crippen MR) is 80.3 cm³/mol. The van der Waals surface area contributed by atoms with E-state index in [9.17, 15) is 0 Å². The average Bonchev–Trinajstić information content (AvgIpc) is 2.96. The molecule has 4 nitrogen and oxygen atoms in total. The Labute approximate surface area is 121 Å². The Morgan fingerprint density at radius 2 is 1.35 bits per heavy atom. The van der Waals surface area contributed by atoms with Crippen LogP contribution in [0.3, 0.4) is 0 Å². The zero-order valence-corrected chi connectivity index (χ0v) is 13.1. The molecule has 2 atom stereocenters. The number of ether oxygens (including phenoxy) is 2. The van der Waals surface area contributed by atoms with Gasteiger partial charge in [0, 0.05) is 0 Å². The van der Waals surface area contributed by atoms with Gasteiger partial charge in [-0.05, 0) is 24.7 Å². The lowest BCUT2D eigenvalue weighted by Crippen LogP contribution is -2.45. The van der Waals surface area contributed by atoms with E-state index in [2.05, 4.69) is 27.7 Å². The first-order valence-corrected chi connectivity index (χ1v) is 7.95. The smallest absolute Gasteiger partial charge is 0.199 e. The van der Waals surface area contributed by atoms with Crippen LogP contribution < -0.4 is 0 Å². The van der Waals surface area contributed by atoms with Crippen LogP contribution in [-0.2, 0) is 9.47 Å². The van der Waals surface area contributed by atoms with Crippen molar-refractivity contribution in [1.82, 2.24) is 0 Å². The number of nitrogens with zero attached hydrogens (tertiary/aromatic N) is 2. The highest BCUT2D eigenvalue weighted by molar-refractivity contribution is 6.07. The lowest BCUT2D eigenvalue weighted by molar-refractivity contribution is 0.190. The quantitative estimate of drug-likeness (QED) is 0.793. The van der Waals surface area contributed by atoms with Crippen LogP contribution in [0.2, 0.25) is 0 Å². The van der Waals surface area contributed by atoms with Gasteiger partial charge >= 0.3 is 0 Å². The van der Waals surface area contributed by atoms with Gasteiger partial charge in [0.1, 0.15) is 18.6 Å². The number of aliphatic imine (C=N–C) groups is 2. The van der Waals surface area contributed by atoms with Gasteiger partial charge in [-0.3, -0.25) is 0 Å². The second-order valence-corrected chi connectivity index (χ2v) is 7.05. The molecule has 0 spiro atoms. The van der Waals surface area contributed by atoms with Crippen LogP contribution in [0.15, 0.2) is 9.98 Å². The summed E-state index contributed by atoms with van der Waals surface area (Å²) in [6.07, 6.45) is 3.35. The fourth-order valence-electron chi connectivity index (χ4n) is 3.03. The Balaban J connectivity index is 1.83. The van der Waals surface area contributed by atoms with Crippen molar-refractivity contribution in [3.05, 3.63) is 0 Å². The summed E-state index contributed by atoms with van der Waals surface area (Å²) >= 11 is 0. The van der Waals surface area contributed by atoms with Crippen molar-refractivity contribution in [2.75, 3.05) is 13.2 Å². The van der Waals surface area contributed by atoms with Crippen LogP contribution in [0.25, 0.3) is 0 Å². The van der Waals surface area contributed by atoms with E-state index in [4.69, 9.17) is 19.5 Å². The Hall–Kier alpha value is -1.06. The van der Waals surface area contributed by atoms with Crippen molar-refractivity contribution in [3.8, 4) is 0 Å². The lowest BCUT2D eigenvalue weighted by Gasteiger charge is -2.39. The molecule has 0 radical (unpaired) electrons. The number of rotatable bonds is 4. The Morgan fingerprint density at radius 1 is 0.900 bits per heavy atom. The molecule has 3 rings (SSSR count). The van der Waals surface area contributed by atoms with Crippen LogP contribution in [-0.4, -0.2) is 37.1 Å². The summed E-state index contributed by atoms with van der Waals surface area (Å²) in [6.45, 7) is 10.2. The summed E-state index contributed by atoms with van der Waals surface area (Å²) in [5.74, 6) is 2.84. The minimum Gasteiger partial charge on any atom is -0.478 e. The third kappa shape index (κ3) is 2.13. The minimum absolute atomic E-state index is 0.132. The number of hydrogen-bond donors (Lipinski definition) is 0. The largest absolute Gasteiger partial charge is 0.478 e. The van der Waals surface area contributed by atoms with Crippen LogP contribution >= 0.6 is 0 Å². The van der Waals surface area contributed by atoms with E-state index in [1.807, 2.05) is 0 Å². The molecule has 0 amide bonds. The zero-order chi connectivity index (χ0) is 14.3. The Bertz CT molecular complexity index is 400. The van der Waals surface area contributed by atoms with E-state index >= 15 is 0 Å². The van der Waals surface area contributed by atoms with Gasteiger partial charge in [-0.1, -0.05) is 34.1 Å². The Kier molecular flexibility index (Phi) is 3.51. The molecule has 4 heteroatoms. The van der Waals surface area contributed by atoms with E-state index in [1.165, 1.54) is 6.42 Å². The molecule has 0 aromatic heterocycles. The van der Waals surface area contributed by atoms with Crippen molar-refractivity contribution in [1.29, 1.82) is 0 Å². The summed E-state index contributed by atoms with van der Waals surface area (Å²) in [5.41, 5.74) is -0.132. The van der Waals surface area contributed by atoms with E-state index < -0.39 is 0 Å². The SMILES string of the molecule is CC(C)[C@@H]1COC(C2(C3=N[C@H](C(C)C)CO3)CCC2)=N1. The number of hydrogen-bond acceptors (Lipinski definition) is 4. The van der Waals surface area contributed by atoms with Crippen LogP contribution in [0.1, 0.15) is 47.0 Å². The summed E-state index contributed by atoms with van der Waals surface area (Å²) < 4.78 is 11.9. The topological polar surface area (TPSA) is 43.2 Å². The van der Waals surface area contributed by atoms with Crippen LogP contribution in [0.4, 0.5) is 0 Å². The zero-order valence-electron chi connectivity index (χ0n) is 13.1. The van der Waals surface area contributed by atoms with Gasteiger partial charge in [-0.2, -0.15) is 0 Å². The molecule has 0 aromatic rings. The van der Waals surface area contributed by atoms with E-state index in [0.717, 1.165) is 37.9 Å². The molecule has 0 saturated heterocycles. The van der Waals surface area contributed by atoms with Crippen molar-refractivity contribution in [2.45, 2.75) is 59.0 Å². The molecule has 0 bridgehead atoms. The highest BCUT2D eigenvalue weighted by Gasteiger charge is 2.53. The predicted octanol–water partition coefficient (Wildman–Crippen LogP) is 3.06. The van der Waals surface area contributed by atoms with Gasteiger partial charge in [0.15, 0.2) is 11.8 Å². The summed E-state index contributed by atoms with van der Waals surface area (Å²) in [5, 5.41) is 0. The molecule has 0 N–H and O–H groups in total. The molecule has 1 aliphatic carbocycles. The minimum atomic E-state index is -0.132. The van der Waals surface area contributed by atoms with Crippen molar-refractivity contribution >= 4 is 11.8 Å². The normalized spacial score (nSPS) is 31.7. The van der Waals surface area contributed by atoms with Crippen LogP contribution in [0, 0.1) is 17.3 Å².